The number of aromatic nitrogens is 2. The van der Waals surface area contributed by atoms with Crippen LogP contribution in [0.25, 0.3) is 46.7 Å². The Morgan fingerprint density at radius 2 is 0.909 bits per heavy atom. The lowest BCUT2D eigenvalue weighted by Gasteiger charge is -2.23. The second-order valence-electron chi connectivity index (χ2n) is 14.5. The summed E-state index contributed by atoms with van der Waals surface area (Å²) in [6.45, 7) is 17.6. The molecule has 0 N–H and O–H groups in total. The second-order valence-corrected chi connectivity index (χ2v) is 14.5. The van der Waals surface area contributed by atoms with E-state index in [0.717, 1.165) is 38.5 Å². The largest absolute Gasteiger partial charge is 0.334 e. The van der Waals surface area contributed by atoms with Crippen LogP contribution in [0.4, 0.5) is 0 Å². The van der Waals surface area contributed by atoms with Gasteiger partial charge >= 0.3 is 0 Å². The minimum absolute atomic E-state index is 0.307. The average molecular weight is 725 g/mol. The molecule has 0 aliphatic heterocycles. The minimum atomic E-state index is 0.307. The van der Waals surface area contributed by atoms with E-state index in [1.807, 2.05) is 0 Å². The number of allylic oxidation sites excluding steroid dienone is 8. The van der Waals surface area contributed by atoms with Crippen molar-refractivity contribution in [2.45, 2.75) is 100.0 Å². The maximum atomic E-state index is 2.57. The monoisotopic (exact) mass is 724 g/mol. The predicted octanol–water partition coefficient (Wildman–Crippen LogP) is 14.5. The van der Waals surface area contributed by atoms with Gasteiger partial charge in [0.25, 0.3) is 0 Å². The van der Waals surface area contributed by atoms with Crippen LogP contribution in [0.2, 0.25) is 0 Å². The van der Waals surface area contributed by atoms with E-state index < -0.39 is 0 Å². The molecule has 0 spiro atoms. The van der Waals surface area contributed by atoms with Crippen molar-refractivity contribution in [3.63, 3.8) is 0 Å². The van der Waals surface area contributed by atoms with Crippen molar-refractivity contribution < 1.29 is 0 Å². The molecule has 0 saturated heterocycles. The highest BCUT2D eigenvalue weighted by Gasteiger charge is 2.23. The molecule has 2 heteroatoms. The molecule has 1 unspecified atom stereocenters. The van der Waals surface area contributed by atoms with Gasteiger partial charge in [-0.2, -0.15) is 0 Å². The van der Waals surface area contributed by atoms with Crippen molar-refractivity contribution in [3.05, 3.63) is 177 Å². The Labute approximate surface area is 331 Å². The maximum absolute atomic E-state index is 2.57. The molecular formula is C53H60N2. The predicted molar refractivity (Wildman–Crippen MR) is 242 cm³/mol. The summed E-state index contributed by atoms with van der Waals surface area (Å²) in [4.78, 5) is 0. The zero-order valence-electron chi connectivity index (χ0n) is 34.5. The first-order chi connectivity index (χ1) is 26.9. The van der Waals surface area contributed by atoms with Crippen LogP contribution in [0.15, 0.2) is 115 Å². The van der Waals surface area contributed by atoms with E-state index in [-0.39, 0.29) is 0 Å². The van der Waals surface area contributed by atoms with Crippen molar-refractivity contribution in [2.24, 2.45) is 0 Å². The summed E-state index contributed by atoms with van der Waals surface area (Å²) in [5, 5.41) is 0. The molecule has 2 nitrogen and oxygen atoms in total. The van der Waals surface area contributed by atoms with Gasteiger partial charge in [-0.05, 0) is 158 Å². The van der Waals surface area contributed by atoms with Crippen LogP contribution in [0.5, 0.6) is 0 Å². The van der Waals surface area contributed by atoms with E-state index in [1.165, 1.54) is 84.1 Å². The van der Waals surface area contributed by atoms with Crippen LogP contribution in [-0.4, -0.2) is 9.13 Å². The van der Waals surface area contributed by atoms with Gasteiger partial charge in [0.05, 0.1) is 6.04 Å². The van der Waals surface area contributed by atoms with Crippen LogP contribution in [0, 0.1) is 0 Å². The maximum Gasteiger partial charge on any atom is 0.0560 e. The molecule has 0 saturated carbocycles. The van der Waals surface area contributed by atoms with E-state index in [0.29, 0.717) is 6.04 Å². The van der Waals surface area contributed by atoms with Gasteiger partial charge in [-0.3, -0.25) is 0 Å². The minimum Gasteiger partial charge on any atom is -0.334 e. The Balaban J connectivity index is 1.15. The van der Waals surface area contributed by atoms with Gasteiger partial charge in [0.1, 0.15) is 0 Å². The van der Waals surface area contributed by atoms with E-state index in [1.54, 1.807) is 0 Å². The normalized spacial score (nSPS) is 14.8. The van der Waals surface area contributed by atoms with Gasteiger partial charge in [0, 0.05) is 28.5 Å². The molecule has 1 atom stereocenters. The third-order valence-corrected chi connectivity index (χ3v) is 11.2. The first kappa shape index (κ1) is 39.4. The molecule has 0 fully saturated rings. The molecule has 2 aromatic heterocycles. The zero-order valence-corrected chi connectivity index (χ0v) is 34.5. The molecule has 6 rings (SSSR count). The summed E-state index contributed by atoms with van der Waals surface area (Å²) in [5.41, 5.74) is 20.1. The number of hydrogen-bond donors (Lipinski definition) is 0. The molecule has 282 valence electrons. The average Bonchev–Trinajstić information content (AvgIpc) is 3.69. The lowest BCUT2D eigenvalue weighted by atomic mass is 9.94. The van der Waals surface area contributed by atoms with E-state index in [9.17, 15) is 0 Å². The number of rotatable bonds is 14. The highest BCUT2D eigenvalue weighted by molar-refractivity contribution is 5.76. The molecule has 0 radical (unpaired) electrons. The quantitative estimate of drug-likeness (QED) is 0.108. The summed E-state index contributed by atoms with van der Waals surface area (Å²) >= 11 is 0. The summed E-state index contributed by atoms with van der Waals surface area (Å²) in [6.07, 6.45) is 31.0. The molecular weight excluding hydrogens is 665 g/mol. The fraction of sp³-hybridized carbons (Fsp3) is 0.283. The Hall–Kier alpha value is -5.34. The third-order valence-electron chi connectivity index (χ3n) is 11.2. The molecule has 2 heterocycles. The lowest BCUT2D eigenvalue weighted by molar-refractivity contribution is 0.601. The van der Waals surface area contributed by atoms with Gasteiger partial charge in [0.15, 0.2) is 0 Å². The summed E-state index contributed by atoms with van der Waals surface area (Å²) in [6, 6.07) is 27.7. The SMILES string of the molecule is C/C=C\c1c(CC)c(CC)c(/C=C\C)n1-c1ccc(-c2ccc(Cc3ccc(C4=CCC(n5c(/C=C\C)c(CC)c(CC)c5/C=C\C)C=C4)cc3)cc2)cc1. The van der Waals surface area contributed by atoms with Crippen LogP contribution in [0.3, 0.4) is 0 Å². The number of benzene rings is 3. The van der Waals surface area contributed by atoms with Crippen molar-refractivity contribution in [1.82, 2.24) is 9.13 Å². The fourth-order valence-corrected chi connectivity index (χ4v) is 8.68. The zero-order chi connectivity index (χ0) is 38.9. The second kappa shape index (κ2) is 18.3. The van der Waals surface area contributed by atoms with Crippen molar-refractivity contribution >= 4 is 29.9 Å². The number of nitrogens with zero attached hydrogens (tertiary/aromatic N) is 2. The Kier molecular flexibility index (Phi) is 13.1. The van der Waals surface area contributed by atoms with Crippen LogP contribution in [0.1, 0.15) is 130 Å². The van der Waals surface area contributed by atoms with E-state index in [4.69, 9.17) is 0 Å². The molecule has 0 amide bonds. The van der Waals surface area contributed by atoms with Crippen molar-refractivity contribution in [3.8, 4) is 16.8 Å². The number of hydrogen-bond acceptors (Lipinski definition) is 0. The third kappa shape index (κ3) is 8.06. The van der Waals surface area contributed by atoms with Crippen LogP contribution < -0.4 is 0 Å². The molecule has 3 aromatic carbocycles. The highest BCUT2D eigenvalue weighted by atomic mass is 15.0. The van der Waals surface area contributed by atoms with E-state index >= 15 is 0 Å². The van der Waals surface area contributed by atoms with Crippen molar-refractivity contribution in [1.29, 1.82) is 0 Å². The summed E-state index contributed by atoms with van der Waals surface area (Å²) in [7, 11) is 0. The Morgan fingerprint density at radius 1 is 0.509 bits per heavy atom. The highest BCUT2D eigenvalue weighted by Crippen LogP contribution is 2.36. The van der Waals surface area contributed by atoms with Gasteiger partial charge in [0.2, 0.25) is 0 Å². The van der Waals surface area contributed by atoms with Crippen LogP contribution >= 0.6 is 0 Å². The van der Waals surface area contributed by atoms with Gasteiger partial charge in [-0.15, -0.1) is 0 Å². The van der Waals surface area contributed by atoms with Gasteiger partial charge in [-0.25, -0.2) is 0 Å². The molecule has 5 aromatic rings. The van der Waals surface area contributed by atoms with Gasteiger partial charge in [-0.1, -0.05) is 131 Å². The summed E-state index contributed by atoms with van der Waals surface area (Å²) < 4.78 is 5.00. The molecule has 55 heavy (non-hydrogen) atoms. The standard InChI is InChI=1S/C53H60N2/c1-9-17-50-46(13-5)47(14-6)51(18-10-2)54(50)44-33-29-42(30-34-44)40-25-21-38(22-26-40)37-39-23-27-41(28-24-39)43-31-35-45(36-32-43)55-52(19-11-3)48(15-7)49(16-8)53(55)20-12-4/h9-12,17-35,45H,13-16,36-37H2,1-8H3/b17-9-,18-10-,19-11-,20-12-. The van der Waals surface area contributed by atoms with E-state index in [2.05, 4.69) is 204 Å². The molecule has 1 aliphatic carbocycles. The molecule has 1 aliphatic rings. The first-order valence-electron chi connectivity index (χ1n) is 20.6. The Morgan fingerprint density at radius 3 is 1.31 bits per heavy atom. The fourth-order valence-electron chi connectivity index (χ4n) is 8.68. The molecule has 0 bridgehead atoms. The topological polar surface area (TPSA) is 9.86 Å². The first-order valence-corrected chi connectivity index (χ1v) is 20.6. The van der Waals surface area contributed by atoms with Crippen LogP contribution in [-0.2, 0) is 32.1 Å². The Bertz CT molecular complexity index is 2180. The van der Waals surface area contributed by atoms with Crippen molar-refractivity contribution in [2.75, 3.05) is 0 Å². The summed E-state index contributed by atoms with van der Waals surface area (Å²) in [5.74, 6) is 0. The lowest BCUT2D eigenvalue weighted by Crippen LogP contribution is -2.12. The smallest absolute Gasteiger partial charge is 0.0560 e. The van der Waals surface area contributed by atoms with Gasteiger partial charge < -0.3 is 9.13 Å².